The van der Waals surface area contributed by atoms with Gasteiger partial charge in [-0.3, -0.25) is 9.88 Å². The molecule has 7 nitrogen and oxygen atoms in total. The fourth-order valence-corrected chi connectivity index (χ4v) is 7.20. The summed E-state index contributed by atoms with van der Waals surface area (Å²) in [5.74, 6) is 0.757. The van der Waals surface area contributed by atoms with E-state index in [1.54, 1.807) is 6.20 Å². The minimum atomic E-state index is -0.433. The number of aromatic nitrogens is 3. The van der Waals surface area contributed by atoms with E-state index in [0.29, 0.717) is 48.6 Å². The number of hydrogen-bond acceptors (Lipinski definition) is 7. The monoisotopic (exact) mass is 525 g/mol. The van der Waals surface area contributed by atoms with Crippen LogP contribution in [0, 0.1) is 11.7 Å². The van der Waals surface area contributed by atoms with Gasteiger partial charge in [0.25, 0.3) is 0 Å². The standard InChI is InChI=1S/C31H32FN5O2/c32-26-27(23-9-3-7-20-6-1-2-8-22(20)23)33-17-24-28(26)34-30(39-19-31-10-4-12-36(31)13-5-11-31)35-29(24)37-14-15-38-18-21-16-25(21)37/h1-3,6-9,17,21,25H,4-5,10-16,18-19H2/t21-,25-/m0/s1. The lowest BCUT2D eigenvalue weighted by Crippen LogP contribution is -2.43. The number of pyridine rings is 1. The Balaban J connectivity index is 1.25. The van der Waals surface area contributed by atoms with Crippen LogP contribution < -0.4 is 9.64 Å². The van der Waals surface area contributed by atoms with Crippen molar-refractivity contribution >= 4 is 27.5 Å². The van der Waals surface area contributed by atoms with Crippen molar-refractivity contribution in [3.05, 3.63) is 54.5 Å². The molecule has 1 saturated carbocycles. The Labute approximate surface area is 227 Å². The molecular weight excluding hydrogens is 493 g/mol. The fraction of sp³-hybridized carbons (Fsp3) is 0.452. The van der Waals surface area contributed by atoms with Gasteiger partial charge in [0.05, 0.1) is 24.1 Å². The van der Waals surface area contributed by atoms with Crippen molar-refractivity contribution in [1.82, 2.24) is 19.9 Å². The summed E-state index contributed by atoms with van der Waals surface area (Å²) in [4.78, 5) is 19.1. The van der Waals surface area contributed by atoms with E-state index in [1.165, 1.54) is 12.8 Å². The van der Waals surface area contributed by atoms with Crippen molar-refractivity contribution in [2.75, 3.05) is 44.4 Å². The molecule has 4 aromatic rings. The Hall–Kier alpha value is -3.36. The summed E-state index contributed by atoms with van der Waals surface area (Å²) in [6.07, 6.45) is 7.45. The second kappa shape index (κ2) is 9.10. The highest BCUT2D eigenvalue weighted by Crippen LogP contribution is 2.43. The lowest BCUT2D eigenvalue weighted by molar-refractivity contribution is 0.108. The molecule has 4 aliphatic rings. The van der Waals surface area contributed by atoms with Gasteiger partial charge in [-0.05, 0) is 56.0 Å². The number of halogens is 1. The van der Waals surface area contributed by atoms with E-state index >= 15 is 4.39 Å². The lowest BCUT2D eigenvalue weighted by Gasteiger charge is -2.31. The minimum absolute atomic E-state index is 0.0570. The highest BCUT2D eigenvalue weighted by Gasteiger charge is 2.46. The van der Waals surface area contributed by atoms with Crippen molar-refractivity contribution in [3.63, 3.8) is 0 Å². The molecule has 4 fully saturated rings. The smallest absolute Gasteiger partial charge is 0.319 e. The molecule has 2 atom stereocenters. The number of anilines is 1. The van der Waals surface area contributed by atoms with E-state index in [9.17, 15) is 0 Å². The first-order chi connectivity index (χ1) is 19.2. The molecule has 2 aromatic heterocycles. The molecule has 0 bridgehead atoms. The van der Waals surface area contributed by atoms with Crippen LogP contribution in [0.25, 0.3) is 32.9 Å². The Kier molecular flexibility index (Phi) is 5.49. The summed E-state index contributed by atoms with van der Waals surface area (Å²) in [7, 11) is 0. The number of fused-ring (bicyclic) bond motifs is 4. The Morgan fingerprint density at radius 2 is 1.85 bits per heavy atom. The van der Waals surface area contributed by atoms with Crippen molar-refractivity contribution < 1.29 is 13.9 Å². The van der Waals surface area contributed by atoms with Crippen LogP contribution in [0.3, 0.4) is 0 Å². The summed E-state index contributed by atoms with van der Waals surface area (Å²) in [6.45, 7) is 4.88. The quantitative estimate of drug-likeness (QED) is 0.354. The van der Waals surface area contributed by atoms with Crippen LogP contribution >= 0.6 is 0 Å². The molecule has 0 spiro atoms. The first kappa shape index (κ1) is 23.5. The number of hydrogen-bond donors (Lipinski definition) is 0. The van der Waals surface area contributed by atoms with Gasteiger partial charge in [-0.1, -0.05) is 42.5 Å². The number of rotatable bonds is 5. The van der Waals surface area contributed by atoms with Gasteiger partial charge in [0.1, 0.15) is 23.6 Å². The van der Waals surface area contributed by atoms with E-state index in [-0.39, 0.29) is 17.1 Å². The first-order valence-corrected chi connectivity index (χ1v) is 14.3. The van der Waals surface area contributed by atoms with E-state index in [4.69, 9.17) is 19.4 Å². The molecule has 200 valence electrons. The normalized spacial score (nSPS) is 24.1. The molecule has 5 heterocycles. The maximum absolute atomic E-state index is 16.5. The topological polar surface area (TPSA) is 63.6 Å². The second-order valence-corrected chi connectivity index (χ2v) is 11.6. The van der Waals surface area contributed by atoms with Gasteiger partial charge >= 0.3 is 6.01 Å². The molecule has 2 aromatic carbocycles. The highest BCUT2D eigenvalue weighted by atomic mass is 19.1. The summed E-state index contributed by atoms with van der Waals surface area (Å²) < 4.78 is 28.7. The van der Waals surface area contributed by atoms with Gasteiger partial charge in [0.2, 0.25) is 0 Å². The third kappa shape index (κ3) is 3.87. The number of nitrogens with zero attached hydrogens (tertiary/aromatic N) is 5. The Bertz CT molecular complexity index is 1560. The van der Waals surface area contributed by atoms with E-state index in [0.717, 1.165) is 55.3 Å². The van der Waals surface area contributed by atoms with Gasteiger partial charge in [0, 0.05) is 30.3 Å². The van der Waals surface area contributed by atoms with Crippen LogP contribution in [0.2, 0.25) is 0 Å². The van der Waals surface area contributed by atoms with Crippen LogP contribution in [0.4, 0.5) is 10.2 Å². The molecule has 1 aliphatic carbocycles. The third-order valence-electron chi connectivity index (χ3n) is 9.34. The minimum Gasteiger partial charge on any atom is -0.461 e. The summed E-state index contributed by atoms with van der Waals surface area (Å²) in [6, 6.07) is 14.5. The molecule has 3 aliphatic heterocycles. The fourth-order valence-electron chi connectivity index (χ4n) is 7.20. The third-order valence-corrected chi connectivity index (χ3v) is 9.34. The predicted molar refractivity (Wildman–Crippen MR) is 149 cm³/mol. The van der Waals surface area contributed by atoms with Crippen molar-refractivity contribution in [3.8, 4) is 17.3 Å². The maximum atomic E-state index is 16.5. The molecule has 0 radical (unpaired) electrons. The van der Waals surface area contributed by atoms with Crippen LogP contribution in [0.1, 0.15) is 32.1 Å². The summed E-state index contributed by atoms with van der Waals surface area (Å²) in [5.41, 5.74) is 1.38. The molecule has 0 unspecified atom stereocenters. The molecule has 0 amide bonds. The van der Waals surface area contributed by atoms with Gasteiger partial charge in [-0.2, -0.15) is 9.97 Å². The highest BCUT2D eigenvalue weighted by molar-refractivity contribution is 5.99. The van der Waals surface area contributed by atoms with Gasteiger partial charge in [-0.25, -0.2) is 4.39 Å². The number of benzene rings is 2. The van der Waals surface area contributed by atoms with Crippen molar-refractivity contribution in [2.24, 2.45) is 5.92 Å². The van der Waals surface area contributed by atoms with Crippen LogP contribution in [0.15, 0.2) is 48.7 Å². The molecule has 8 rings (SSSR count). The summed E-state index contributed by atoms with van der Waals surface area (Å²) >= 11 is 0. The van der Waals surface area contributed by atoms with Crippen molar-refractivity contribution in [1.29, 1.82) is 0 Å². The molecule has 0 N–H and O–H groups in total. The predicted octanol–water partition coefficient (Wildman–Crippen LogP) is 5.22. The van der Waals surface area contributed by atoms with Gasteiger partial charge in [-0.15, -0.1) is 0 Å². The zero-order valence-corrected chi connectivity index (χ0v) is 22.0. The molecule has 3 saturated heterocycles. The average molecular weight is 526 g/mol. The number of ether oxygens (including phenoxy) is 2. The van der Waals surface area contributed by atoms with Crippen LogP contribution in [-0.2, 0) is 4.74 Å². The van der Waals surface area contributed by atoms with E-state index in [1.807, 2.05) is 42.5 Å². The maximum Gasteiger partial charge on any atom is 0.319 e. The molecule has 39 heavy (non-hydrogen) atoms. The zero-order valence-electron chi connectivity index (χ0n) is 22.0. The van der Waals surface area contributed by atoms with Gasteiger partial charge in [0.15, 0.2) is 5.82 Å². The largest absolute Gasteiger partial charge is 0.461 e. The Morgan fingerprint density at radius 1 is 1.00 bits per heavy atom. The van der Waals surface area contributed by atoms with E-state index in [2.05, 4.69) is 14.8 Å². The zero-order chi connectivity index (χ0) is 26.0. The summed E-state index contributed by atoms with van der Waals surface area (Å²) in [5, 5.41) is 2.63. The van der Waals surface area contributed by atoms with Crippen molar-refractivity contribution in [2.45, 2.75) is 43.7 Å². The second-order valence-electron chi connectivity index (χ2n) is 11.6. The van der Waals surface area contributed by atoms with Crippen LogP contribution in [-0.4, -0.2) is 70.9 Å². The SMILES string of the molecule is Fc1c(-c2cccc3ccccc23)ncc2c(N3CCOC[C@@H]4C[C@@H]43)nc(OCC34CCCN3CCC4)nc12. The molecular formula is C31H32FN5O2. The first-order valence-electron chi connectivity index (χ1n) is 14.3. The molecule has 8 heteroatoms. The van der Waals surface area contributed by atoms with Crippen LogP contribution in [0.5, 0.6) is 6.01 Å². The Morgan fingerprint density at radius 3 is 2.74 bits per heavy atom. The lowest BCUT2D eigenvalue weighted by atomic mass is 9.95. The average Bonchev–Trinajstić information content (AvgIpc) is 3.51. The van der Waals surface area contributed by atoms with Gasteiger partial charge < -0.3 is 14.4 Å². The van der Waals surface area contributed by atoms with E-state index < -0.39 is 5.82 Å².